The van der Waals surface area contributed by atoms with Crippen LogP contribution in [-0.2, 0) is 16.7 Å². The molecule has 182 valence electrons. The van der Waals surface area contributed by atoms with Crippen LogP contribution in [0.15, 0.2) is 48.5 Å². The molecule has 2 N–H and O–H groups in total. The standard InChI is InChI=1S/C23H25F3N4O3S/c1-29-19-17(21(31)30(2)22(29)32)20(28-18(27-19)14-6-10-16(33-3)11-7-14)34-12-13-4-8-15(9-5-13)23(24,25)26/h4-11,17-20,27-28H,12H2,1-3H3. The maximum absolute atomic E-state index is 13.1. The minimum atomic E-state index is -4.39. The van der Waals surface area contributed by atoms with Crippen molar-refractivity contribution in [3.05, 3.63) is 65.2 Å². The summed E-state index contributed by atoms with van der Waals surface area (Å²) in [6.45, 7) is 0. The monoisotopic (exact) mass is 494 g/mol. The molecule has 4 atom stereocenters. The van der Waals surface area contributed by atoms with Gasteiger partial charge in [0, 0.05) is 19.8 Å². The Labute approximate surface area is 199 Å². The number of halogens is 3. The van der Waals surface area contributed by atoms with Gasteiger partial charge < -0.3 is 9.64 Å². The molecule has 0 bridgehead atoms. The van der Waals surface area contributed by atoms with Crippen LogP contribution in [0, 0.1) is 5.92 Å². The number of amides is 3. The van der Waals surface area contributed by atoms with Gasteiger partial charge in [-0.2, -0.15) is 13.2 Å². The Bertz CT molecular complexity index is 1050. The first-order chi connectivity index (χ1) is 16.1. The maximum Gasteiger partial charge on any atom is 0.416 e. The number of thioether (sulfide) groups is 1. The number of benzene rings is 2. The first-order valence-corrected chi connectivity index (χ1v) is 11.6. The average Bonchev–Trinajstić information content (AvgIpc) is 2.84. The molecule has 11 heteroatoms. The van der Waals surface area contributed by atoms with Crippen molar-refractivity contribution in [2.45, 2.75) is 29.6 Å². The number of ether oxygens (including phenoxy) is 1. The van der Waals surface area contributed by atoms with Gasteiger partial charge in [0.2, 0.25) is 5.91 Å². The minimum Gasteiger partial charge on any atom is -0.497 e. The lowest BCUT2D eigenvalue weighted by Crippen LogP contribution is -2.72. The number of carbonyl (C=O) groups excluding carboxylic acids is 2. The van der Waals surface area contributed by atoms with E-state index in [0.29, 0.717) is 17.1 Å². The van der Waals surface area contributed by atoms with Gasteiger partial charge in [0.25, 0.3) is 0 Å². The third-order valence-electron chi connectivity index (χ3n) is 6.12. The van der Waals surface area contributed by atoms with E-state index in [4.69, 9.17) is 4.74 Å². The van der Waals surface area contributed by atoms with Gasteiger partial charge in [-0.1, -0.05) is 24.3 Å². The fourth-order valence-electron chi connectivity index (χ4n) is 4.16. The van der Waals surface area contributed by atoms with Gasteiger partial charge >= 0.3 is 12.2 Å². The number of nitrogens with zero attached hydrogens (tertiary/aromatic N) is 2. The lowest BCUT2D eigenvalue weighted by atomic mass is 9.96. The number of rotatable bonds is 5. The van der Waals surface area contributed by atoms with Crippen molar-refractivity contribution in [3.63, 3.8) is 0 Å². The molecular formula is C23H25F3N4O3S. The molecule has 2 aliphatic rings. The van der Waals surface area contributed by atoms with Crippen molar-refractivity contribution in [2.75, 3.05) is 21.2 Å². The summed E-state index contributed by atoms with van der Waals surface area (Å²) in [5, 5.41) is 6.41. The fraction of sp³-hybridized carbons (Fsp3) is 0.391. The summed E-state index contributed by atoms with van der Waals surface area (Å²) in [6.07, 6.45) is -5.30. The number of alkyl halides is 3. The molecule has 7 nitrogen and oxygen atoms in total. The Morgan fingerprint density at radius 1 is 1.00 bits per heavy atom. The molecule has 2 aromatic carbocycles. The zero-order valence-corrected chi connectivity index (χ0v) is 19.6. The summed E-state index contributed by atoms with van der Waals surface area (Å²) in [5.41, 5.74) is 0.897. The molecule has 2 fully saturated rings. The van der Waals surface area contributed by atoms with E-state index < -0.39 is 35.2 Å². The van der Waals surface area contributed by atoms with Crippen molar-refractivity contribution in [2.24, 2.45) is 5.92 Å². The van der Waals surface area contributed by atoms with Gasteiger partial charge in [-0.3, -0.25) is 20.3 Å². The number of imide groups is 1. The number of hydrogen-bond acceptors (Lipinski definition) is 6. The van der Waals surface area contributed by atoms with Crippen LogP contribution >= 0.6 is 11.8 Å². The van der Waals surface area contributed by atoms with Crippen LogP contribution in [0.5, 0.6) is 5.75 Å². The largest absolute Gasteiger partial charge is 0.497 e. The molecule has 3 amide bonds. The smallest absolute Gasteiger partial charge is 0.416 e. The molecule has 2 aliphatic heterocycles. The summed E-state index contributed by atoms with van der Waals surface area (Å²) in [6, 6.07) is 12.0. The van der Waals surface area contributed by atoms with Crippen LogP contribution in [0.4, 0.5) is 18.0 Å². The van der Waals surface area contributed by atoms with Crippen molar-refractivity contribution < 1.29 is 27.5 Å². The van der Waals surface area contributed by atoms with Gasteiger partial charge in [0.05, 0.1) is 36.3 Å². The second-order valence-electron chi connectivity index (χ2n) is 8.23. The minimum absolute atomic E-state index is 0.314. The molecule has 4 unspecified atom stereocenters. The molecule has 0 radical (unpaired) electrons. The Kier molecular flexibility index (Phi) is 6.79. The third-order valence-corrected chi connectivity index (χ3v) is 7.40. The molecule has 2 saturated heterocycles. The first kappa shape index (κ1) is 24.4. The highest BCUT2D eigenvalue weighted by atomic mass is 32.2. The van der Waals surface area contributed by atoms with E-state index in [2.05, 4.69) is 10.6 Å². The summed E-state index contributed by atoms with van der Waals surface area (Å²) in [5.74, 6) is 0.198. The van der Waals surface area contributed by atoms with Crippen LogP contribution in [0.2, 0.25) is 0 Å². The van der Waals surface area contributed by atoms with E-state index in [1.807, 2.05) is 24.3 Å². The van der Waals surface area contributed by atoms with E-state index in [1.165, 1.54) is 35.8 Å². The predicted octanol–water partition coefficient (Wildman–Crippen LogP) is 3.63. The molecule has 0 aliphatic carbocycles. The van der Waals surface area contributed by atoms with Crippen LogP contribution in [0.1, 0.15) is 22.9 Å². The van der Waals surface area contributed by atoms with Crippen LogP contribution < -0.4 is 15.4 Å². The molecule has 0 saturated carbocycles. The SMILES string of the molecule is COc1ccc(C2NC(SCc3ccc(C(F)(F)F)cc3)C3C(=O)N(C)C(=O)N(C)C3N2)cc1. The molecular weight excluding hydrogens is 469 g/mol. The Morgan fingerprint density at radius 2 is 1.65 bits per heavy atom. The number of nitrogens with one attached hydrogen (secondary N) is 2. The van der Waals surface area contributed by atoms with Crippen molar-refractivity contribution in [1.29, 1.82) is 0 Å². The highest BCUT2D eigenvalue weighted by molar-refractivity contribution is 7.99. The predicted molar refractivity (Wildman–Crippen MR) is 122 cm³/mol. The summed E-state index contributed by atoms with van der Waals surface area (Å²) in [4.78, 5) is 28.2. The van der Waals surface area contributed by atoms with Crippen LogP contribution in [0.25, 0.3) is 0 Å². The van der Waals surface area contributed by atoms with E-state index in [9.17, 15) is 22.8 Å². The van der Waals surface area contributed by atoms with E-state index >= 15 is 0 Å². The molecule has 34 heavy (non-hydrogen) atoms. The summed E-state index contributed by atoms with van der Waals surface area (Å²) < 4.78 is 43.9. The van der Waals surface area contributed by atoms with E-state index in [-0.39, 0.29) is 12.1 Å². The summed E-state index contributed by atoms with van der Waals surface area (Å²) >= 11 is 1.42. The normalized spacial score (nSPS) is 25.4. The topological polar surface area (TPSA) is 73.9 Å². The quantitative estimate of drug-likeness (QED) is 0.662. The second-order valence-corrected chi connectivity index (χ2v) is 9.36. The van der Waals surface area contributed by atoms with E-state index in [0.717, 1.165) is 22.6 Å². The second kappa shape index (κ2) is 9.47. The van der Waals surface area contributed by atoms with Gasteiger partial charge in [-0.05, 0) is 35.4 Å². The third kappa shape index (κ3) is 4.73. The maximum atomic E-state index is 13.1. The number of fused-ring (bicyclic) bond motifs is 1. The Hall–Kier alpha value is -2.76. The lowest BCUT2D eigenvalue weighted by Gasteiger charge is -2.50. The summed E-state index contributed by atoms with van der Waals surface area (Å²) in [7, 11) is 4.67. The number of urea groups is 1. The first-order valence-electron chi connectivity index (χ1n) is 10.6. The Balaban J connectivity index is 1.58. The fourth-order valence-corrected chi connectivity index (χ4v) is 5.43. The van der Waals surface area contributed by atoms with Crippen molar-refractivity contribution in [1.82, 2.24) is 20.4 Å². The van der Waals surface area contributed by atoms with Crippen LogP contribution in [0.3, 0.4) is 0 Å². The average molecular weight is 495 g/mol. The number of hydrogen-bond donors (Lipinski definition) is 2. The highest BCUT2D eigenvalue weighted by Gasteiger charge is 2.51. The lowest BCUT2D eigenvalue weighted by molar-refractivity contribution is -0.140. The van der Waals surface area contributed by atoms with E-state index in [1.54, 1.807) is 14.2 Å². The molecule has 2 aromatic rings. The molecule has 4 rings (SSSR count). The Morgan fingerprint density at radius 3 is 2.24 bits per heavy atom. The van der Waals surface area contributed by atoms with Gasteiger partial charge in [-0.15, -0.1) is 11.8 Å². The molecule has 2 heterocycles. The van der Waals surface area contributed by atoms with Crippen LogP contribution in [-0.4, -0.2) is 54.5 Å². The van der Waals surface area contributed by atoms with Gasteiger partial charge in [0.15, 0.2) is 0 Å². The number of methoxy groups -OCH3 is 1. The van der Waals surface area contributed by atoms with Gasteiger partial charge in [0.1, 0.15) is 5.75 Å². The van der Waals surface area contributed by atoms with Crippen molar-refractivity contribution in [3.8, 4) is 5.75 Å². The number of carbonyl (C=O) groups is 2. The zero-order valence-electron chi connectivity index (χ0n) is 18.8. The molecule has 0 spiro atoms. The zero-order chi connectivity index (χ0) is 24.6. The van der Waals surface area contributed by atoms with Crippen molar-refractivity contribution >= 4 is 23.7 Å². The molecule has 0 aromatic heterocycles. The van der Waals surface area contributed by atoms with Gasteiger partial charge in [-0.25, -0.2) is 4.79 Å². The highest BCUT2D eigenvalue weighted by Crippen LogP contribution is 2.36.